The molecule has 0 aliphatic heterocycles. The van der Waals surface area contributed by atoms with Gasteiger partial charge in [0.25, 0.3) is 0 Å². The van der Waals surface area contributed by atoms with Crippen molar-refractivity contribution in [3.8, 4) is 11.6 Å². The number of nitrogens with one attached hydrogen (secondary N) is 1. The second-order valence-electron chi connectivity index (χ2n) is 4.56. The third-order valence-electron chi connectivity index (χ3n) is 2.46. The van der Waals surface area contributed by atoms with E-state index in [1.54, 1.807) is 24.5 Å². The van der Waals surface area contributed by atoms with Crippen LogP contribution in [0, 0.1) is 0 Å². The van der Waals surface area contributed by atoms with Crippen LogP contribution in [0.2, 0.25) is 5.02 Å². The average molecular weight is 357 g/mol. The quantitative estimate of drug-likeness (QED) is 0.873. The van der Waals surface area contributed by atoms with E-state index in [0.717, 1.165) is 10.2 Å². The van der Waals surface area contributed by atoms with E-state index >= 15 is 0 Å². The average Bonchev–Trinajstić information content (AvgIpc) is 2.40. The first-order valence-corrected chi connectivity index (χ1v) is 7.39. The number of aromatic nitrogens is 2. The summed E-state index contributed by atoms with van der Waals surface area (Å²) in [7, 11) is 0. The predicted molar refractivity (Wildman–Crippen MR) is 83.2 cm³/mol. The predicted octanol–water partition coefficient (Wildman–Crippen LogP) is 4.18. The van der Waals surface area contributed by atoms with Crippen molar-refractivity contribution in [3.63, 3.8) is 0 Å². The Morgan fingerprint density at radius 3 is 2.85 bits per heavy atom. The molecular formula is C14H15BrClN3O. The maximum absolute atomic E-state index is 6.11. The topological polar surface area (TPSA) is 47.0 Å². The van der Waals surface area contributed by atoms with Crippen LogP contribution in [0.1, 0.15) is 19.5 Å². The summed E-state index contributed by atoms with van der Waals surface area (Å²) in [6.45, 7) is 4.81. The molecular weight excluding hydrogens is 342 g/mol. The number of halogens is 2. The lowest BCUT2D eigenvalue weighted by Gasteiger charge is -2.09. The first kappa shape index (κ1) is 15.2. The molecule has 1 heterocycles. The molecule has 0 fully saturated rings. The summed E-state index contributed by atoms with van der Waals surface area (Å²) in [6, 6.07) is 5.81. The molecule has 6 heteroatoms. The molecule has 0 radical (unpaired) electrons. The largest absolute Gasteiger partial charge is 0.436 e. The summed E-state index contributed by atoms with van der Waals surface area (Å²) in [5.41, 5.74) is 0.824. The monoisotopic (exact) mass is 355 g/mol. The summed E-state index contributed by atoms with van der Waals surface area (Å²) >= 11 is 9.46. The molecule has 0 saturated heterocycles. The Labute approximate surface area is 131 Å². The molecule has 20 heavy (non-hydrogen) atoms. The highest BCUT2D eigenvalue weighted by molar-refractivity contribution is 9.10. The van der Waals surface area contributed by atoms with Gasteiger partial charge in [0, 0.05) is 23.3 Å². The zero-order valence-corrected chi connectivity index (χ0v) is 13.6. The summed E-state index contributed by atoms with van der Waals surface area (Å²) in [5, 5.41) is 3.80. The van der Waals surface area contributed by atoms with Gasteiger partial charge in [-0.05, 0) is 18.2 Å². The minimum atomic E-state index is 0.391. The molecule has 0 bridgehead atoms. The Morgan fingerprint density at radius 1 is 1.35 bits per heavy atom. The smallest absolute Gasteiger partial charge is 0.238 e. The van der Waals surface area contributed by atoms with Gasteiger partial charge in [-0.15, -0.1) is 0 Å². The van der Waals surface area contributed by atoms with Crippen molar-refractivity contribution in [2.24, 2.45) is 0 Å². The summed E-state index contributed by atoms with van der Waals surface area (Å²) in [4.78, 5) is 8.51. The molecule has 2 rings (SSSR count). The van der Waals surface area contributed by atoms with Gasteiger partial charge in [0.15, 0.2) is 0 Å². The molecule has 0 aliphatic rings. The van der Waals surface area contributed by atoms with Gasteiger partial charge in [-0.2, -0.15) is 0 Å². The normalized spacial score (nSPS) is 10.8. The van der Waals surface area contributed by atoms with Crippen LogP contribution in [0.5, 0.6) is 11.6 Å². The molecule has 106 valence electrons. The SMILES string of the molecule is CC(C)NCc1cncc(Oc2ccc(Br)cc2Cl)n1. The Hall–Kier alpha value is -1.17. The van der Waals surface area contributed by atoms with Gasteiger partial charge in [0.2, 0.25) is 5.88 Å². The van der Waals surface area contributed by atoms with Crippen LogP contribution in [0.4, 0.5) is 0 Å². The maximum atomic E-state index is 6.11. The molecule has 2 aromatic rings. The van der Waals surface area contributed by atoms with E-state index in [0.29, 0.717) is 29.2 Å². The molecule has 0 amide bonds. The second kappa shape index (κ2) is 7.02. The molecule has 1 N–H and O–H groups in total. The van der Waals surface area contributed by atoms with E-state index in [9.17, 15) is 0 Å². The van der Waals surface area contributed by atoms with E-state index in [2.05, 4.69) is 45.1 Å². The fraction of sp³-hybridized carbons (Fsp3) is 0.286. The second-order valence-corrected chi connectivity index (χ2v) is 5.88. The van der Waals surface area contributed by atoms with Crippen molar-refractivity contribution in [2.45, 2.75) is 26.4 Å². The number of nitrogens with zero attached hydrogens (tertiary/aromatic N) is 2. The Morgan fingerprint density at radius 2 is 2.15 bits per heavy atom. The summed E-state index contributed by atoms with van der Waals surface area (Å²) in [5.74, 6) is 0.982. The molecule has 0 atom stereocenters. The zero-order chi connectivity index (χ0) is 14.5. The lowest BCUT2D eigenvalue weighted by atomic mass is 10.3. The van der Waals surface area contributed by atoms with Gasteiger partial charge in [0.1, 0.15) is 5.75 Å². The van der Waals surface area contributed by atoms with Gasteiger partial charge < -0.3 is 10.1 Å². The lowest BCUT2D eigenvalue weighted by Crippen LogP contribution is -2.22. The Balaban J connectivity index is 2.11. The molecule has 1 aromatic heterocycles. The van der Waals surface area contributed by atoms with Crippen molar-refractivity contribution in [3.05, 3.63) is 45.8 Å². The fourth-order valence-electron chi connectivity index (χ4n) is 1.50. The standard InChI is InChI=1S/C14H15BrClN3O/c1-9(2)18-7-11-6-17-8-14(19-11)20-13-4-3-10(15)5-12(13)16/h3-6,8-9,18H,7H2,1-2H3. The van der Waals surface area contributed by atoms with Gasteiger partial charge in [-0.25, -0.2) is 4.98 Å². The number of hydrogen-bond acceptors (Lipinski definition) is 4. The highest BCUT2D eigenvalue weighted by Gasteiger charge is 2.06. The van der Waals surface area contributed by atoms with E-state index in [-0.39, 0.29) is 0 Å². The molecule has 0 spiro atoms. The van der Waals surface area contributed by atoms with Crippen LogP contribution in [0.15, 0.2) is 35.1 Å². The van der Waals surface area contributed by atoms with Crippen molar-refractivity contribution in [1.29, 1.82) is 0 Å². The van der Waals surface area contributed by atoms with Gasteiger partial charge in [-0.1, -0.05) is 41.4 Å². The summed E-state index contributed by atoms with van der Waals surface area (Å²) < 4.78 is 6.56. The Bertz CT molecular complexity index is 592. The molecule has 0 unspecified atom stereocenters. The third-order valence-corrected chi connectivity index (χ3v) is 3.25. The molecule has 0 aliphatic carbocycles. The lowest BCUT2D eigenvalue weighted by molar-refractivity contribution is 0.455. The fourth-order valence-corrected chi connectivity index (χ4v) is 2.21. The first-order valence-electron chi connectivity index (χ1n) is 6.22. The minimum absolute atomic E-state index is 0.391. The van der Waals surface area contributed by atoms with E-state index in [1.807, 2.05) is 6.07 Å². The molecule has 1 aromatic carbocycles. The van der Waals surface area contributed by atoms with E-state index < -0.39 is 0 Å². The maximum Gasteiger partial charge on any atom is 0.238 e. The van der Waals surface area contributed by atoms with Crippen molar-refractivity contribution < 1.29 is 4.74 Å². The number of benzene rings is 1. The van der Waals surface area contributed by atoms with Crippen LogP contribution < -0.4 is 10.1 Å². The van der Waals surface area contributed by atoms with E-state index in [4.69, 9.17) is 16.3 Å². The van der Waals surface area contributed by atoms with Gasteiger partial charge in [0.05, 0.1) is 16.9 Å². The van der Waals surface area contributed by atoms with Crippen LogP contribution in [-0.4, -0.2) is 16.0 Å². The van der Waals surface area contributed by atoms with Crippen LogP contribution in [0.25, 0.3) is 0 Å². The van der Waals surface area contributed by atoms with Crippen molar-refractivity contribution >= 4 is 27.5 Å². The van der Waals surface area contributed by atoms with Crippen molar-refractivity contribution in [1.82, 2.24) is 15.3 Å². The number of hydrogen-bond donors (Lipinski definition) is 1. The van der Waals surface area contributed by atoms with Crippen LogP contribution >= 0.6 is 27.5 Å². The highest BCUT2D eigenvalue weighted by atomic mass is 79.9. The zero-order valence-electron chi connectivity index (χ0n) is 11.2. The minimum Gasteiger partial charge on any atom is -0.436 e. The molecule has 4 nitrogen and oxygen atoms in total. The number of rotatable bonds is 5. The van der Waals surface area contributed by atoms with Crippen molar-refractivity contribution in [2.75, 3.05) is 0 Å². The summed E-state index contributed by atoms with van der Waals surface area (Å²) in [6.07, 6.45) is 3.28. The van der Waals surface area contributed by atoms with Gasteiger partial charge >= 0.3 is 0 Å². The van der Waals surface area contributed by atoms with E-state index in [1.165, 1.54) is 0 Å². The van der Waals surface area contributed by atoms with Crippen LogP contribution in [-0.2, 0) is 6.54 Å². The van der Waals surface area contributed by atoms with Crippen LogP contribution in [0.3, 0.4) is 0 Å². The van der Waals surface area contributed by atoms with Gasteiger partial charge in [-0.3, -0.25) is 4.98 Å². The molecule has 0 saturated carbocycles. The third kappa shape index (κ3) is 4.44. The highest BCUT2D eigenvalue weighted by Crippen LogP contribution is 2.30. The Kier molecular flexibility index (Phi) is 5.34. The first-order chi connectivity index (χ1) is 9.54. The number of ether oxygens (including phenoxy) is 1.